The zero-order valence-electron chi connectivity index (χ0n) is 14.8. The monoisotopic (exact) mass is 362 g/mol. The van der Waals surface area contributed by atoms with Crippen LogP contribution in [0.1, 0.15) is 0 Å². The van der Waals surface area contributed by atoms with Crippen molar-refractivity contribution < 1.29 is 4.74 Å². The van der Waals surface area contributed by atoms with Crippen LogP contribution < -0.4 is 4.90 Å². The number of rotatable bonds is 3. The number of fused-ring (bicyclic) bond motifs is 1. The Bertz CT molecular complexity index is 1100. The van der Waals surface area contributed by atoms with E-state index in [-0.39, 0.29) is 0 Å². The molecule has 0 bridgehead atoms. The second-order valence-electron chi connectivity index (χ2n) is 6.43. The van der Waals surface area contributed by atoms with Crippen molar-refractivity contribution in [2.24, 2.45) is 7.05 Å². The van der Waals surface area contributed by atoms with E-state index in [1.54, 1.807) is 17.1 Å². The Morgan fingerprint density at radius 3 is 2.81 bits per heavy atom. The van der Waals surface area contributed by atoms with E-state index in [1.165, 1.54) is 0 Å². The number of ether oxygens (including phenoxy) is 1. The predicted octanol–water partition coefficient (Wildman–Crippen LogP) is 1.65. The summed E-state index contributed by atoms with van der Waals surface area (Å²) in [5, 5.41) is 11.7. The van der Waals surface area contributed by atoms with Gasteiger partial charge in [0, 0.05) is 38.1 Å². The van der Waals surface area contributed by atoms with Crippen LogP contribution in [-0.2, 0) is 11.8 Å². The van der Waals surface area contributed by atoms with E-state index in [0.717, 1.165) is 60.0 Å². The first-order valence-corrected chi connectivity index (χ1v) is 8.77. The molecular weight excluding hydrogens is 344 g/mol. The lowest BCUT2D eigenvalue weighted by Crippen LogP contribution is -2.36. The Balaban J connectivity index is 1.56. The fourth-order valence-electron chi connectivity index (χ4n) is 3.22. The molecule has 9 heteroatoms. The highest BCUT2D eigenvalue weighted by Crippen LogP contribution is 2.28. The van der Waals surface area contributed by atoms with Crippen LogP contribution in [0.2, 0.25) is 0 Å². The molecule has 5 heterocycles. The average molecular weight is 362 g/mol. The molecule has 1 fully saturated rings. The molecule has 0 radical (unpaired) electrons. The van der Waals surface area contributed by atoms with Crippen LogP contribution in [0.3, 0.4) is 0 Å². The normalized spacial score (nSPS) is 14.8. The van der Waals surface area contributed by atoms with Gasteiger partial charge in [0.15, 0.2) is 5.82 Å². The minimum absolute atomic E-state index is 0.626. The minimum Gasteiger partial charge on any atom is -0.378 e. The van der Waals surface area contributed by atoms with Crippen molar-refractivity contribution in [3.8, 4) is 22.6 Å². The first-order valence-electron chi connectivity index (χ1n) is 8.77. The first-order chi connectivity index (χ1) is 13.3. The Hall–Kier alpha value is -3.33. The molecule has 0 atom stereocenters. The fraction of sp³-hybridized carbons (Fsp3) is 0.278. The number of aryl methyl sites for hydroxylation is 1. The highest BCUT2D eigenvalue weighted by Gasteiger charge is 2.16. The third kappa shape index (κ3) is 2.91. The quantitative estimate of drug-likeness (QED) is 0.592. The van der Waals surface area contributed by atoms with Crippen LogP contribution in [0, 0.1) is 0 Å². The van der Waals surface area contributed by atoms with Crippen molar-refractivity contribution in [1.82, 2.24) is 34.9 Å². The van der Waals surface area contributed by atoms with E-state index in [9.17, 15) is 0 Å². The predicted molar refractivity (Wildman–Crippen MR) is 100 cm³/mol. The summed E-state index contributed by atoms with van der Waals surface area (Å²) < 4.78 is 7.16. The molecular formula is C18H18N8O. The number of anilines is 1. The van der Waals surface area contributed by atoms with Crippen molar-refractivity contribution in [3.05, 3.63) is 36.9 Å². The van der Waals surface area contributed by atoms with E-state index in [2.05, 4.69) is 30.2 Å². The molecule has 136 valence electrons. The standard InChI is InChI=1S/C18H18N8O/c1-25-11-13(9-21-25)18-20-10-14-17(22-18)16(24-23-14)12-2-3-19-15(8-12)26-4-6-27-7-5-26/h2-3,8-11H,4-7H2,1H3,(H,23,24). The summed E-state index contributed by atoms with van der Waals surface area (Å²) in [6.45, 7) is 3.12. The molecule has 4 aromatic rings. The lowest BCUT2D eigenvalue weighted by Gasteiger charge is -2.27. The summed E-state index contributed by atoms with van der Waals surface area (Å²) in [5.74, 6) is 1.55. The van der Waals surface area contributed by atoms with Crippen LogP contribution in [0.5, 0.6) is 0 Å². The van der Waals surface area contributed by atoms with E-state index in [1.807, 2.05) is 31.6 Å². The van der Waals surface area contributed by atoms with Gasteiger partial charge in [-0.05, 0) is 12.1 Å². The van der Waals surface area contributed by atoms with Gasteiger partial charge >= 0.3 is 0 Å². The van der Waals surface area contributed by atoms with Gasteiger partial charge in [0.25, 0.3) is 0 Å². The summed E-state index contributed by atoms with van der Waals surface area (Å²) >= 11 is 0. The van der Waals surface area contributed by atoms with Gasteiger partial charge in [-0.25, -0.2) is 15.0 Å². The van der Waals surface area contributed by atoms with Gasteiger partial charge in [-0.1, -0.05) is 0 Å². The molecule has 9 nitrogen and oxygen atoms in total. The summed E-state index contributed by atoms with van der Waals surface area (Å²) in [4.78, 5) is 15.9. The highest BCUT2D eigenvalue weighted by molar-refractivity contribution is 5.90. The van der Waals surface area contributed by atoms with Gasteiger partial charge in [0.05, 0.1) is 31.2 Å². The van der Waals surface area contributed by atoms with Crippen molar-refractivity contribution in [2.75, 3.05) is 31.2 Å². The molecule has 4 aromatic heterocycles. The topological polar surface area (TPSA) is 97.6 Å². The summed E-state index contributed by atoms with van der Waals surface area (Å²) in [5.41, 5.74) is 4.20. The van der Waals surface area contributed by atoms with Crippen LogP contribution in [0.4, 0.5) is 5.82 Å². The molecule has 5 rings (SSSR count). The Morgan fingerprint density at radius 1 is 1.11 bits per heavy atom. The first kappa shape index (κ1) is 15.9. The third-order valence-corrected chi connectivity index (χ3v) is 4.62. The number of hydrogen-bond acceptors (Lipinski definition) is 7. The number of pyridine rings is 1. The molecule has 0 spiro atoms. The van der Waals surface area contributed by atoms with Gasteiger partial charge < -0.3 is 9.64 Å². The molecule has 1 aliphatic rings. The van der Waals surface area contributed by atoms with Gasteiger partial charge in [0.1, 0.15) is 22.5 Å². The highest BCUT2D eigenvalue weighted by atomic mass is 16.5. The number of aromatic nitrogens is 7. The van der Waals surface area contributed by atoms with Crippen molar-refractivity contribution >= 4 is 16.9 Å². The Kier molecular flexibility index (Phi) is 3.79. The number of nitrogens with zero attached hydrogens (tertiary/aromatic N) is 7. The zero-order valence-corrected chi connectivity index (χ0v) is 14.8. The molecule has 0 unspecified atom stereocenters. The molecule has 1 N–H and O–H groups in total. The Morgan fingerprint density at radius 2 is 2.00 bits per heavy atom. The summed E-state index contributed by atoms with van der Waals surface area (Å²) in [6.07, 6.45) is 7.21. The summed E-state index contributed by atoms with van der Waals surface area (Å²) in [7, 11) is 1.87. The molecule has 0 aromatic carbocycles. The van der Waals surface area contributed by atoms with Crippen molar-refractivity contribution in [3.63, 3.8) is 0 Å². The van der Waals surface area contributed by atoms with Gasteiger partial charge in [-0.15, -0.1) is 0 Å². The van der Waals surface area contributed by atoms with Crippen molar-refractivity contribution in [1.29, 1.82) is 0 Å². The van der Waals surface area contributed by atoms with Crippen LogP contribution in [0.15, 0.2) is 36.9 Å². The largest absolute Gasteiger partial charge is 0.378 e. The maximum Gasteiger partial charge on any atom is 0.163 e. The van der Waals surface area contributed by atoms with E-state index >= 15 is 0 Å². The number of aromatic amines is 1. The molecule has 0 amide bonds. The number of nitrogens with one attached hydrogen (secondary N) is 1. The maximum absolute atomic E-state index is 5.43. The molecule has 0 saturated carbocycles. The minimum atomic E-state index is 0.626. The number of morpholine rings is 1. The second kappa shape index (κ2) is 6.44. The number of hydrogen-bond donors (Lipinski definition) is 1. The maximum atomic E-state index is 5.43. The van der Waals surface area contributed by atoms with Crippen molar-refractivity contribution in [2.45, 2.75) is 0 Å². The fourth-order valence-corrected chi connectivity index (χ4v) is 3.22. The Labute approximate surface area is 155 Å². The summed E-state index contributed by atoms with van der Waals surface area (Å²) in [6, 6.07) is 4.00. The number of H-pyrrole nitrogens is 1. The molecule has 0 aliphatic carbocycles. The lowest BCUT2D eigenvalue weighted by molar-refractivity contribution is 0.122. The average Bonchev–Trinajstić information content (AvgIpc) is 3.34. The van der Waals surface area contributed by atoms with E-state index in [0.29, 0.717) is 5.82 Å². The van der Waals surface area contributed by atoms with E-state index < -0.39 is 0 Å². The molecule has 27 heavy (non-hydrogen) atoms. The third-order valence-electron chi connectivity index (χ3n) is 4.62. The van der Waals surface area contributed by atoms with Gasteiger partial charge in [0.2, 0.25) is 0 Å². The zero-order chi connectivity index (χ0) is 18.2. The van der Waals surface area contributed by atoms with Crippen LogP contribution in [0.25, 0.3) is 33.7 Å². The lowest BCUT2D eigenvalue weighted by atomic mass is 10.1. The van der Waals surface area contributed by atoms with Gasteiger partial charge in [-0.3, -0.25) is 9.78 Å². The van der Waals surface area contributed by atoms with E-state index in [4.69, 9.17) is 9.72 Å². The second-order valence-corrected chi connectivity index (χ2v) is 6.43. The molecule has 1 saturated heterocycles. The van der Waals surface area contributed by atoms with Crippen LogP contribution >= 0.6 is 0 Å². The van der Waals surface area contributed by atoms with Gasteiger partial charge in [-0.2, -0.15) is 10.2 Å². The SMILES string of the molecule is Cn1cc(-c2ncc3[nH]nc(-c4ccnc(N5CCOCC5)c4)c3n2)cn1. The molecule has 1 aliphatic heterocycles. The smallest absolute Gasteiger partial charge is 0.163 e. The van der Waals surface area contributed by atoms with Crippen LogP contribution in [-0.4, -0.2) is 61.2 Å².